The number of nitrogens with one attached hydrogen (secondary N) is 1. The first-order valence-electron chi connectivity index (χ1n) is 19.6. The number of aromatic amines is 1. The summed E-state index contributed by atoms with van der Waals surface area (Å²) in [7, 11) is 0. The molecule has 12 rings (SSSR count). The van der Waals surface area contributed by atoms with E-state index in [2.05, 4.69) is 53.5 Å². The van der Waals surface area contributed by atoms with Crippen molar-refractivity contribution in [3.8, 4) is 45.8 Å². The fraction of sp³-hybridized carbons (Fsp3) is 0.0385. The Kier molecular flexibility index (Phi) is 6.93. The molecule has 0 spiro atoms. The van der Waals surface area contributed by atoms with E-state index < -0.39 is 11.7 Å². The van der Waals surface area contributed by atoms with Crippen LogP contribution in [0.2, 0.25) is 0 Å². The van der Waals surface area contributed by atoms with Crippen LogP contribution in [0.1, 0.15) is 27.8 Å². The van der Waals surface area contributed by atoms with Gasteiger partial charge in [-0.15, -0.1) is 0 Å². The Balaban J connectivity index is 1.26. The van der Waals surface area contributed by atoms with Gasteiger partial charge in [-0.2, -0.15) is 23.7 Å². The summed E-state index contributed by atoms with van der Waals surface area (Å²) in [6.07, 6.45) is -3.98. The number of nitrogens with zero attached hydrogens (tertiary/aromatic N) is 4. The lowest BCUT2D eigenvalue weighted by Crippen LogP contribution is -2.09. The van der Waals surface area contributed by atoms with Crippen molar-refractivity contribution in [3.05, 3.63) is 179 Å². The maximum absolute atomic E-state index is 15.1. The Bertz CT molecular complexity index is 3770. The van der Waals surface area contributed by atoms with Crippen LogP contribution in [0.4, 0.5) is 13.2 Å². The number of H-pyrrole nitrogens is 1. The van der Waals surface area contributed by atoms with E-state index in [9.17, 15) is 10.5 Å². The van der Waals surface area contributed by atoms with Gasteiger partial charge in [-0.1, -0.05) is 91.0 Å². The average molecular weight is 780 g/mol. The number of para-hydroxylation sites is 3. The van der Waals surface area contributed by atoms with Gasteiger partial charge < -0.3 is 14.1 Å². The quantitative estimate of drug-likeness (QED) is 0.194. The van der Waals surface area contributed by atoms with Crippen LogP contribution in [-0.4, -0.2) is 14.1 Å². The van der Waals surface area contributed by atoms with Crippen LogP contribution in [0.25, 0.3) is 99.0 Å². The van der Waals surface area contributed by atoms with Crippen molar-refractivity contribution in [2.45, 2.75) is 12.6 Å². The van der Waals surface area contributed by atoms with Gasteiger partial charge in [0, 0.05) is 43.4 Å². The lowest BCUT2D eigenvalue weighted by Gasteiger charge is -2.20. The van der Waals surface area contributed by atoms with E-state index in [-0.39, 0.29) is 16.7 Å². The number of hydrogen-bond acceptors (Lipinski definition) is 2. The molecule has 8 heteroatoms. The van der Waals surface area contributed by atoms with Gasteiger partial charge in [0.25, 0.3) is 0 Å². The zero-order valence-electron chi connectivity index (χ0n) is 31.6. The van der Waals surface area contributed by atoms with Crippen LogP contribution in [0, 0.1) is 22.7 Å². The van der Waals surface area contributed by atoms with Crippen molar-refractivity contribution in [2.24, 2.45) is 0 Å². The van der Waals surface area contributed by atoms with Crippen molar-refractivity contribution in [2.75, 3.05) is 0 Å². The second-order valence-electron chi connectivity index (χ2n) is 15.5. The highest BCUT2D eigenvalue weighted by atomic mass is 19.4. The Morgan fingerprint density at radius 2 is 1.15 bits per heavy atom. The summed E-state index contributed by atoms with van der Waals surface area (Å²) in [5, 5.41) is 27.1. The van der Waals surface area contributed by atoms with Gasteiger partial charge in [0.15, 0.2) is 0 Å². The summed E-state index contributed by atoms with van der Waals surface area (Å²) < 4.78 is 49.4. The largest absolute Gasteiger partial charge is 0.417 e. The molecule has 11 aromatic rings. The topological polar surface area (TPSA) is 73.2 Å². The molecule has 0 bridgehead atoms. The minimum atomic E-state index is -4.77. The monoisotopic (exact) mass is 779 g/mol. The number of fused-ring (bicyclic) bond motifs is 14. The molecule has 282 valence electrons. The predicted octanol–water partition coefficient (Wildman–Crippen LogP) is 13.5. The summed E-state index contributed by atoms with van der Waals surface area (Å²) in [5.74, 6) is 0. The number of hydrogen-bond donors (Lipinski definition) is 1. The van der Waals surface area contributed by atoms with Gasteiger partial charge in [0.2, 0.25) is 0 Å². The van der Waals surface area contributed by atoms with E-state index in [0.717, 1.165) is 89.0 Å². The number of rotatable bonds is 3. The third-order valence-corrected chi connectivity index (χ3v) is 12.4. The van der Waals surface area contributed by atoms with E-state index in [1.54, 1.807) is 12.1 Å². The highest BCUT2D eigenvalue weighted by molar-refractivity contribution is 6.28. The summed E-state index contributed by atoms with van der Waals surface area (Å²) in [5.41, 5.74) is 10.2. The maximum atomic E-state index is 15.1. The van der Waals surface area contributed by atoms with E-state index in [4.69, 9.17) is 0 Å². The van der Waals surface area contributed by atoms with Crippen molar-refractivity contribution >= 4 is 65.4 Å². The van der Waals surface area contributed by atoms with Gasteiger partial charge in [-0.3, -0.25) is 0 Å². The molecule has 8 aromatic carbocycles. The van der Waals surface area contributed by atoms with Gasteiger partial charge in [0.05, 0.1) is 50.6 Å². The van der Waals surface area contributed by atoms with Crippen molar-refractivity contribution < 1.29 is 13.2 Å². The molecule has 1 N–H and O–H groups in total. The number of benzene rings is 8. The number of nitriles is 2. The highest BCUT2D eigenvalue weighted by Crippen LogP contribution is 2.48. The molecule has 0 saturated heterocycles. The van der Waals surface area contributed by atoms with Crippen LogP contribution in [0.3, 0.4) is 0 Å². The molecule has 0 aliphatic heterocycles. The third kappa shape index (κ3) is 4.62. The molecule has 60 heavy (non-hydrogen) atoms. The second-order valence-corrected chi connectivity index (χ2v) is 15.5. The standard InChI is InChI=1S/C52H28F3N5/c53-52(54,55)39-23-29(27-56)17-19-33(39)32-25-46(59-42-15-7-4-12-36(42)50-44(59)21-18-31-24-30-9-1-2-10-34(30)48(31)50)38(28-57)47(26-32)60-43-16-8-5-13-37(43)51-45(60)22-20-41-49(51)35-11-3-6-14-40(35)58-41/h1-23,25-26,58H,24H2. The van der Waals surface area contributed by atoms with Crippen LogP contribution in [0.15, 0.2) is 152 Å². The molecule has 0 saturated carbocycles. The first-order chi connectivity index (χ1) is 29.3. The zero-order valence-corrected chi connectivity index (χ0v) is 31.6. The van der Waals surface area contributed by atoms with Crippen molar-refractivity contribution in [3.63, 3.8) is 0 Å². The van der Waals surface area contributed by atoms with Crippen molar-refractivity contribution in [1.29, 1.82) is 10.5 Å². The number of aromatic nitrogens is 3. The molecule has 0 unspecified atom stereocenters. The van der Waals surface area contributed by atoms with E-state index in [1.165, 1.54) is 23.3 Å². The minimum absolute atomic E-state index is 0.0936. The molecule has 0 radical (unpaired) electrons. The van der Waals surface area contributed by atoms with Crippen LogP contribution < -0.4 is 0 Å². The van der Waals surface area contributed by atoms with Gasteiger partial charge in [-0.05, 0) is 100 Å². The first-order valence-corrected chi connectivity index (χ1v) is 19.6. The molecule has 0 amide bonds. The molecule has 3 heterocycles. The van der Waals surface area contributed by atoms with Gasteiger partial charge in [0.1, 0.15) is 11.6 Å². The molecule has 1 aliphatic rings. The average Bonchev–Trinajstić information content (AvgIpc) is 4.02. The van der Waals surface area contributed by atoms with E-state index in [1.807, 2.05) is 94.1 Å². The van der Waals surface area contributed by atoms with Crippen LogP contribution >= 0.6 is 0 Å². The summed E-state index contributed by atoms with van der Waals surface area (Å²) in [6.45, 7) is 0. The summed E-state index contributed by atoms with van der Waals surface area (Å²) in [6, 6.07) is 52.3. The number of alkyl halides is 3. The van der Waals surface area contributed by atoms with E-state index >= 15 is 13.2 Å². The number of halogens is 3. The van der Waals surface area contributed by atoms with Crippen LogP contribution in [-0.2, 0) is 12.6 Å². The molecule has 1 aliphatic carbocycles. The van der Waals surface area contributed by atoms with Gasteiger partial charge >= 0.3 is 6.18 Å². The SMILES string of the molecule is N#Cc1ccc(-c2cc(-n3c4ccccc4c4c5c(ccc43)Cc3ccccc3-5)c(C#N)c(-n3c4ccccc4c4c5c(ccc43)[nH]c3ccccc35)c2)c(C(F)(F)F)c1. The highest BCUT2D eigenvalue weighted by Gasteiger charge is 2.35. The molecular weight excluding hydrogens is 752 g/mol. The fourth-order valence-electron chi connectivity index (χ4n) is 9.94. The van der Waals surface area contributed by atoms with E-state index in [0.29, 0.717) is 16.9 Å². The van der Waals surface area contributed by atoms with Crippen molar-refractivity contribution in [1.82, 2.24) is 14.1 Å². The molecule has 0 fully saturated rings. The minimum Gasteiger partial charge on any atom is -0.354 e. The summed E-state index contributed by atoms with van der Waals surface area (Å²) in [4.78, 5) is 3.56. The Morgan fingerprint density at radius 3 is 1.87 bits per heavy atom. The first kappa shape index (κ1) is 34.0. The third-order valence-electron chi connectivity index (χ3n) is 12.4. The zero-order chi connectivity index (χ0) is 40.4. The fourth-order valence-corrected chi connectivity index (χ4v) is 9.94. The molecule has 0 atom stereocenters. The molecule has 5 nitrogen and oxygen atoms in total. The predicted molar refractivity (Wildman–Crippen MR) is 233 cm³/mol. The normalized spacial score (nSPS) is 12.5. The Morgan fingerprint density at radius 1 is 0.517 bits per heavy atom. The smallest absolute Gasteiger partial charge is 0.354 e. The van der Waals surface area contributed by atoms with Gasteiger partial charge in [-0.25, -0.2) is 0 Å². The second kappa shape index (κ2) is 12.2. The summed E-state index contributed by atoms with van der Waals surface area (Å²) >= 11 is 0. The molecule has 3 aromatic heterocycles. The lowest BCUT2D eigenvalue weighted by atomic mass is 9.94. The molecular formula is C52H28F3N5. The Hall–Kier alpha value is -8.07. The van der Waals surface area contributed by atoms with Crippen LogP contribution in [0.5, 0.6) is 0 Å². The lowest BCUT2D eigenvalue weighted by molar-refractivity contribution is -0.137. The Labute approximate surface area is 340 Å². The maximum Gasteiger partial charge on any atom is 0.417 e.